The smallest absolute Gasteiger partial charge is 0.241 e. The van der Waals surface area contributed by atoms with Crippen molar-refractivity contribution >= 4 is 36.7 Å². The molecule has 20 heavy (non-hydrogen) atoms. The Bertz CT molecular complexity index is 696. The van der Waals surface area contributed by atoms with Crippen LogP contribution in [-0.2, 0) is 10.0 Å². The largest absolute Gasteiger partial charge is 0.264 e. The standard InChI is InChI=1S/C14H17BrN2O2S/c1-10(2)13(15)9-17-20(18,19)14-5-3-4-11-8-16-7-6-12(11)14/h3-8,10,13,17H,9H2,1-2H3. The molecule has 2 rings (SSSR count). The summed E-state index contributed by atoms with van der Waals surface area (Å²) in [4.78, 5) is 4.41. The molecular formula is C14H17BrN2O2S. The lowest BCUT2D eigenvalue weighted by Crippen LogP contribution is -2.31. The van der Waals surface area contributed by atoms with Crippen LogP contribution in [0.1, 0.15) is 13.8 Å². The van der Waals surface area contributed by atoms with E-state index in [0.29, 0.717) is 22.7 Å². The third-order valence-electron chi connectivity index (χ3n) is 3.12. The van der Waals surface area contributed by atoms with Crippen molar-refractivity contribution in [1.29, 1.82) is 0 Å². The number of nitrogens with one attached hydrogen (secondary N) is 1. The minimum atomic E-state index is -3.52. The second-order valence-electron chi connectivity index (χ2n) is 4.96. The molecule has 0 bridgehead atoms. The number of benzene rings is 1. The predicted molar refractivity (Wildman–Crippen MR) is 84.5 cm³/mol. The highest BCUT2D eigenvalue weighted by molar-refractivity contribution is 9.09. The van der Waals surface area contributed by atoms with E-state index in [4.69, 9.17) is 0 Å². The van der Waals surface area contributed by atoms with Gasteiger partial charge in [-0.1, -0.05) is 41.9 Å². The van der Waals surface area contributed by atoms with E-state index in [1.165, 1.54) is 0 Å². The Labute approximate surface area is 127 Å². The molecule has 0 fully saturated rings. The normalized spacial score (nSPS) is 13.8. The van der Waals surface area contributed by atoms with Crippen molar-refractivity contribution in [2.45, 2.75) is 23.6 Å². The van der Waals surface area contributed by atoms with Gasteiger partial charge in [-0.2, -0.15) is 0 Å². The first-order valence-corrected chi connectivity index (χ1v) is 8.78. The zero-order valence-corrected chi connectivity index (χ0v) is 13.8. The van der Waals surface area contributed by atoms with Crippen LogP contribution < -0.4 is 4.72 Å². The van der Waals surface area contributed by atoms with Crippen molar-refractivity contribution < 1.29 is 8.42 Å². The number of rotatable bonds is 5. The lowest BCUT2D eigenvalue weighted by Gasteiger charge is -2.15. The molecule has 0 aliphatic rings. The molecule has 0 spiro atoms. The predicted octanol–water partition coefficient (Wildman–Crippen LogP) is 2.93. The van der Waals surface area contributed by atoms with Crippen molar-refractivity contribution in [2.75, 3.05) is 6.54 Å². The van der Waals surface area contributed by atoms with Crippen molar-refractivity contribution in [1.82, 2.24) is 9.71 Å². The monoisotopic (exact) mass is 356 g/mol. The third-order valence-corrected chi connectivity index (χ3v) is 5.98. The van der Waals surface area contributed by atoms with E-state index < -0.39 is 10.0 Å². The van der Waals surface area contributed by atoms with Gasteiger partial charge in [0.2, 0.25) is 10.0 Å². The number of fused-ring (bicyclic) bond motifs is 1. The van der Waals surface area contributed by atoms with Gasteiger partial charge in [0, 0.05) is 34.5 Å². The first kappa shape index (κ1) is 15.4. The van der Waals surface area contributed by atoms with E-state index in [1.807, 2.05) is 19.9 Å². The molecule has 0 aliphatic carbocycles. The molecule has 1 N–H and O–H groups in total. The van der Waals surface area contributed by atoms with Gasteiger partial charge in [0.05, 0.1) is 4.90 Å². The second-order valence-corrected chi connectivity index (χ2v) is 7.88. The molecule has 2 aromatic rings. The highest BCUT2D eigenvalue weighted by Crippen LogP contribution is 2.22. The molecule has 1 aromatic heterocycles. The van der Waals surface area contributed by atoms with Gasteiger partial charge in [-0.05, 0) is 18.1 Å². The Balaban J connectivity index is 2.33. The lowest BCUT2D eigenvalue weighted by atomic mass is 10.1. The van der Waals surface area contributed by atoms with E-state index in [0.717, 1.165) is 5.39 Å². The summed E-state index contributed by atoms with van der Waals surface area (Å²) in [5, 5.41) is 1.50. The topological polar surface area (TPSA) is 59.1 Å². The number of pyridine rings is 1. The molecule has 1 heterocycles. The number of sulfonamides is 1. The summed E-state index contributed by atoms with van der Waals surface area (Å²) < 4.78 is 27.5. The SMILES string of the molecule is CC(C)C(Br)CNS(=O)(=O)c1cccc2cnccc12. The molecule has 0 amide bonds. The molecule has 108 valence electrons. The Morgan fingerprint density at radius 1 is 1.30 bits per heavy atom. The molecule has 0 saturated carbocycles. The van der Waals surface area contributed by atoms with Gasteiger partial charge in [0.1, 0.15) is 0 Å². The van der Waals surface area contributed by atoms with E-state index in [9.17, 15) is 8.42 Å². The number of nitrogens with zero attached hydrogens (tertiary/aromatic N) is 1. The molecule has 6 heteroatoms. The number of halogens is 1. The van der Waals surface area contributed by atoms with Gasteiger partial charge in [0.25, 0.3) is 0 Å². The molecule has 1 unspecified atom stereocenters. The van der Waals surface area contributed by atoms with Crippen LogP contribution in [0.5, 0.6) is 0 Å². The van der Waals surface area contributed by atoms with Crippen molar-refractivity contribution in [2.24, 2.45) is 5.92 Å². The Kier molecular flexibility index (Phi) is 4.78. The van der Waals surface area contributed by atoms with Gasteiger partial charge in [-0.25, -0.2) is 13.1 Å². The number of hydrogen-bond donors (Lipinski definition) is 1. The van der Waals surface area contributed by atoms with Crippen LogP contribution >= 0.6 is 15.9 Å². The third kappa shape index (κ3) is 3.37. The Morgan fingerprint density at radius 3 is 2.75 bits per heavy atom. The molecule has 0 aliphatic heterocycles. The summed E-state index contributed by atoms with van der Waals surface area (Å²) in [6.45, 7) is 4.44. The molecular weight excluding hydrogens is 340 g/mol. The molecule has 1 atom stereocenters. The zero-order chi connectivity index (χ0) is 14.8. The summed E-state index contributed by atoms with van der Waals surface area (Å²) in [5.41, 5.74) is 0. The van der Waals surface area contributed by atoms with Crippen LogP contribution in [0.15, 0.2) is 41.6 Å². The van der Waals surface area contributed by atoms with E-state index in [1.54, 1.807) is 30.6 Å². The van der Waals surface area contributed by atoms with Gasteiger partial charge in [-0.15, -0.1) is 0 Å². The quantitative estimate of drug-likeness (QED) is 0.837. The highest BCUT2D eigenvalue weighted by Gasteiger charge is 2.19. The summed E-state index contributed by atoms with van der Waals surface area (Å²) in [6, 6.07) is 6.91. The van der Waals surface area contributed by atoms with Crippen molar-refractivity contribution in [3.05, 3.63) is 36.7 Å². The minimum Gasteiger partial charge on any atom is -0.264 e. The van der Waals surface area contributed by atoms with Crippen LogP contribution in [0.3, 0.4) is 0 Å². The van der Waals surface area contributed by atoms with E-state index in [-0.39, 0.29) is 4.83 Å². The van der Waals surface area contributed by atoms with E-state index >= 15 is 0 Å². The van der Waals surface area contributed by atoms with Crippen LogP contribution in [-0.4, -0.2) is 24.8 Å². The molecule has 4 nitrogen and oxygen atoms in total. The van der Waals surface area contributed by atoms with Crippen LogP contribution in [0.4, 0.5) is 0 Å². The van der Waals surface area contributed by atoms with Crippen LogP contribution in [0.2, 0.25) is 0 Å². The average Bonchev–Trinajstić information content (AvgIpc) is 2.44. The Hall–Kier alpha value is -0.980. The molecule has 1 aromatic carbocycles. The number of alkyl halides is 1. The van der Waals surface area contributed by atoms with Crippen molar-refractivity contribution in [3.63, 3.8) is 0 Å². The maximum Gasteiger partial charge on any atom is 0.241 e. The summed E-state index contributed by atoms with van der Waals surface area (Å²) in [6.07, 6.45) is 3.26. The summed E-state index contributed by atoms with van der Waals surface area (Å²) in [5.74, 6) is 0.356. The summed E-state index contributed by atoms with van der Waals surface area (Å²) in [7, 11) is -3.52. The fraction of sp³-hybridized carbons (Fsp3) is 0.357. The van der Waals surface area contributed by atoms with Crippen LogP contribution in [0, 0.1) is 5.92 Å². The second kappa shape index (κ2) is 6.20. The van der Waals surface area contributed by atoms with Gasteiger partial charge < -0.3 is 0 Å². The van der Waals surface area contributed by atoms with Crippen LogP contribution in [0.25, 0.3) is 10.8 Å². The zero-order valence-electron chi connectivity index (χ0n) is 11.4. The average molecular weight is 357 g/mol. The van der Waals surface area contributed by atoms with Gasteiger partial charge >= 0.3 is 0 Å². The fourth-order valence-corrected chi connectivity index (χ4v) is 3.49. The molecule has 0 radical (unpaired) electrons. The maximum atomic E-state index is 12.4. The van der Waals surface area contributed by atoms with Gasteiger partial charge in [-0.3, -0.25) is 4.98 Å². The number of hydrogen-bond acceptors (Lipinski definition) is 3. The number of aromatic nitrogens is 1. The Morgan fingerprint density at radius 2 is 2.05 bits per heavy atom. The molecule has 0 saturated heterocycles. The van der Waals surface area contributed by atoms with E-state index in [2.05, 4.69) is 25.6 Å². The van der Waals surface area contributed by atoms with Gasteiger partial charge in [0.15, 0.2) is 0 Å². The van der Waals surface area contributed by atoms with Crippen molar-refractivity contribution in [3.8, 4) is 0 Å². The lowest BCUT2D eigenvalue weighted by molar-refractivity contribution is 0.563. The summed E-state index contributed by atoms with van der Waals surface area (Å²) >= 11 is 3.48. The highest BCUT2D eigenvalue weighted by atomic mass is 79.9. The fourth-order valence-electron chi connectivity index (χ4n) is 1.83. The minimum absolute atomic E-state index is 0.105. The first-order chi connectivity index (χ1) is 9.42. The first-order valence-electron chi connectivity index (χ1n) is 6.38. The maximum absolute atomic E-state index is 12.4.